The molecule has 1 saturated heterocycles. The number of rotatable bonds is 6. The Bertz CT molecular complexity index is 632. The average molecular weight is 371 g/mol. The largest absolute Gasteiger partial charge is 0.355 e. The second-order valence-electron chi connectivity index (χ2n) is 5.81. The molecule has 3 rings (SSSR count). The summed E-state index contributed by atoms with van der Waals surface area (Å²) in [4.78, 5) is 15.4. The molecule has 6 nitrogen and oxygen atoms in total. The standard InChI is InChI=1S/C16H22N4O2S.ClH/c17-5-6-18-16(21)12-3-1-7-20(10-12)11-13-9-14(22-19-13)15-4-2-8-23-15;/h2,4,8-9,12H,1,3,5-7,10-11,17H2,(H,18,21);1H. The number of carbonyl (C=O) groups excluding carboxylic acids is 1. The third kappa shape index (κ3) is 4.80. The predicted octanol–water partition coefficient (Wildman–Crippen LogP) is 2.11. The molecule has 1 unspecified atom stereocenters. The molecule has 1 atom stereocenters. The van der Waals surface area contributed by atoms with Crippen LogP contribution in [-0.2, 0) is 11.3 Å². The number of nitrogens with zero attached hydrogens (tertiary/aromatic N) is 2. The van der Waals surface area contributed by atoms with Crippen molar-refractivity contribution in [3.63, 3.8) is 0 Å². The van der Waals surface area contributed by atoms with E-state index in [9.17, 15) is 4.79 Å². The van der Waals surface area contributed by atoms with Gasteiger partial charge in [0.2, 0.25) is 5.91 Å². The first-order chi connectivity index (χ1) is 11.3. The van der Waals surface area contributed by atoms with Gasteiger partial charge in [0.15, 0.2) is 5.76 Å². The Hall–Kier alpha value is -1.41. The Morgan fingerprint density at radius 1 is 1.54 bits per heavy atom. The van der Waals surface area contributed by atoms with E-state index in [0.29, 0.717) is 13.1 Å². The van der Waals surface area contributed by atoms with Crippen molar-refractivity contribution in [3.8, 4) is 10.6 Å². The molecule has 1 aliphatic heterocycles. The monoisotopic (exact) mass is 370 g/mol. The lowest BCUT2D eigenvalue weighted by molar-refractivity contribution is -0.126. The van der Waals surface area contributed by atoms with E-state index in [4.69, 9.17) is 10.3 Å². The van der Waals surface area contributed by atoms with Crippen molar-refractivity contribution in [2.24, 2.45) is 11.7 Å². The minimum atomic E-state index is 0. The van der Waals surface area contributed by atoms with E-state index in [1.54, 1.807) is 11.3 Å². The molecule has 0 radical (unpaired) electrons. The number of thiophene rings is 1. The summed E-state index contributed by atoms with van der Waals surface area (Å²) < 4.78 is 5.42. The summed E-state index contributed by atoms with van der Waals surface area (Å²) >= 11 is 1.64. The molecule has 132 valence electrons. The van der Waals surface area contributed by atoms with Crippen LogP contribution in [0.2, 0.25) is 0 Å². The van der Waals surface area contributed by atoms with E-state index in [1.807, 2.05) is 23.6 Å². The van der Waals surface area contributed by atoms with Crippen LogP contribution in [0.4, 0.5) is 0 Å². The number of hydrogen-bond acceptors (Lipinski definition) is 6. The van der Waals surface area contributed by atoms with Gasteiger partial charge < -0.3 is 15.6 Å². The van der Waals surface area contributed by atoms with Gasteiger partial charge in [-0.2, -0.15) is 0 Å². The Kier molecular flexibility index (Phi) is 7.23. The topological polar surface area (TPSA) is 84.4 Å². The maximum absolute atomic E-state index is 12.1. The average Bonchev–Trinajstić information content (AvgIpc) is 3.24. The van der Waals surface area contributed by atoms with E-state index >= 15 is 0 Å². The number of amides is 1. The highest BCUT2D eigenvalue weighted by Crippen LogP contribution is 2.26. The molecule has 0 spiro atoms. The van der Waals surface area contributed by atoms with Crippen LogP contribution in [0.3, 0.4) is 0 Å². The zero-order valence-electron chi connectivity index (χ0n) is 13.4. The van der Waals surface area contributed by atoms with Crippen molar-refractivity contribution >= 4 is 29.7 Å². The zero-order valence-corrected chi connectivity index (χ0v) is 15.1. The molecule has 0 saturated carbocycles. The third-order valence-corrected chi connectivity index (χ3v) is 4.91. The van der Waals surface area contributed by atoms with Gasteiger partial charge in [0.05, 0.1) is 16.5 Å². The van der Waals surface area contributed by atoms with Crippen LogP contribution >= 0.6 is 23.7 Å². The smallest absolute Gasteiger partial charge is 0.224 e. The predicted molar refractivity (Wildman–Crippen MR) is 97.1 cm³/mol. The second-order valence-corrected chi connectivity index (χ2v) is 6.76. The maximum Gasteiger partial charge on any atom is 0.224 e. The second kappa shape index (κ2) is 9.17. The van der Waals surface area contributed by atoms with E-state index in [-0.39, 0.29) is 24.2 Å². The molecule has 0 aromatic carbocycles. The zero-order chi connectivity index (χ0) is 16.1. The van der Waals surface area contributed by atoms with Crippen LogP contribution < -0.4 is 11.1 Å². The van der Waals surface area contributed by atoms with Crippen molar-refractivity contribution in [2.45, 2.75) is 19.4 Å². The molecule has 3 heterocycles. The lowest BCUT2D eigenvalue weighted by Gasteiger charge is -2.31. The molecule has 24 heavy (non-hydrogen) atoms. The van der Waals surface area contributed by atoms with Crippen LogP contribution in [0.25, 0.3) is 10.6 Å². The van der Waals surface area contributed by atoms with Gasteiger partial charge in [0, 0.05) is 32.2 Å². The number of likely N-dealkylation sites (tertiary alicyclic amines) is 1. The van der Waals surface area contributed by atoms with Crippen LogP contribution in [0.5, 0.6) is 0 Å². The summed E-state index contributed by atoms with van der Waals surface area (Å²) in [6.07, 6.45) is 1.96. The minimum Gasteiger partial charge on any atom is -0.355 e. The fourth-order valence-corrected chi connectivity index (χ4v) is 3.58. The highest BCUT2D eigenvalue weighted by Gasteiger charge is 2.26. The first-order valence-corrected chi connectivity index (χ1v) is 8.84. The van der Waals surface area contributed by atoms with Crippen molar-refractivity contribution in [2.75, 3.05) is 26.2 Å². The van der Waals surface area contributed by atoms with Gasteiger partial charge in [-0.05, 0) is 30.8 Å². The van der Waals surface area contributed by atoms with Gasteiger partial charge >= 0.3 is 0 Å². The fourth-order valence-electron chi connectivity index (χ4n) is 2.90. The van der Waals surface area contributed by atoms with E-state index in [0.717, 1.165) is 48.8 Å². The molecule has 1 fully saturated rings. The third-order valence-electron chi connectivity index (χ3n) is 4.03. The quantitative estimate of drug-likeness (QED) is 0.813. The molecule has 0 bridgehead atoms. The molecule has 2 aromatic rings. The number of nitrogens with one attached hydrogen (secondary N) is 1. The Morgan fingerprint density at radius 2 is 2.42 bits per heavy atom. The molecule has 8 heteroatoms. The Morgan fingerprint density at radius 3 is 3.17 bits per heavy atom. The molecule has 2 aromatic heterocycles. The number of piperidine rings is 1. The Balaban J connectivity index is 0.00000208. The lowest BCUT2D eigenvalue weighted by Crippen LogP contribution is -2.43. The van der Waals surface area contributed by atoms with Gasteiger partial charge in [-0.1, -0.05) is 11.2 Å². The van der Waals surface area contributed by atoms with E-state index in [2.05, 4.69) is 15.4 Å². The first-order valence-electron chi connectivity index (χ1n) is 7.96. The summed E-state index contributed by atoms with van der Waals surface area (Å²) in [6.45, 7) is 3.49. The van der Waals surface area contributed by atoms with Crippen molar-refractivity contribution in [1.82, 2.24) is 15.4 Å². The molecular formula is C16H23ClN4O2S. The summed E-state index contributed by atoms with van der Waals surface area (Å²) in [7, 11) is 0. The van der Waals surface area contributed by atoms with E-state index in [1.165, 1.54) is 0 Å². The molecule has 1 amide bonds. The molecule has 3 N–H and O–H groups in total. The molecule has 0 aliphatic carbocycles. The summed E-state index contributed by atoms with van der Waals surface area (Å²) in [5.41, 5.74) is 6.35. The number of carbonyl (C=O) groups is 1. The molecule has 1 aliphatic rings. The maximum atomic E-state index is 12.1. The highest BCUT2D eigenvalue weighted by atomic mass is 35.5. The SMILES string of the molecule is Cl.NCCNC(=O)C1CCCN(Cc2cc(-c3cccs3)on2)C1. The normalized spacial score (nSPS) is 18.1. The molecular weight excluding hydrogens is 348 g/mol. The lowest BCUT2D eigenvalue weighted by atomic mass is 9.97. The van der Waals surface area contributed by atoms with Crippen molar-refractivity contribution < 1.29 is 9.32 Å². The van der Waals surface area contributed by atoms with Crippen LogP contribution in [0.1, 0.15) is 18.5 Å². The summed E-state index contributed by atoms with van der Waals surface area (Å²) in [6, 6.07) is 6.01. The van der Waals surface area contributed by atoms with Gasteiger partial charge in [0.1, 0.15) is 0 Å². The number of nitrogens with two attached hydrogens (primary N) is 1. The van der Waals surface area contributed by atoms with Crippen LogP contribution in [0.15, 0.2) is 28.1 Å². The Labute approximate surface area is 151 Å². The highest BCUT2D eigenvalue weighted by molar-refractivity contribution is 7.13. The number of halogens is 1. The fraction of sp³-hybridized carbons (Fsp3) is 0.500. The van der Waals surface area contributed by atoms with E-state index < -0.39 is 0 Å². The van der Waals surface area contributed by atoms with Gasteiger partial charge in [-0.25, -0.2) is 0 Å². The van der Waals surface area contributed by atoms with Crippen molar-refractivity contribution in [3.05, 3.63) is 29.3 Å². The summed E-state index contributed by atoms with van der Waals surface area (Å²) in [5, 5.41) is 9.06. The van der Waals surface area contributed by atoms with Gasteiger partial charge in [0.25, 0.3) is 0 Å². The van der Waals surface area contributed by atoms with Crippen LogP contribution in [0, 0.1) is 5.92 Å². The first kappa shape index (κ1) is 18.9. The summed E-state index contributed by atoms with van der Waals surface area (Å²) in [5.74, 6) is 0.961. The number of hydrogen-bond donors (Lipinski definition) is 2. The van der Waals surface area contributed by atoms with Crippen LogP contribution in [-0.4, -0.2) is 42.1 Å². The number of aromatic nitrogens is 1. The van der Waals surface area contributed by atoms with Gasteiger partial charge in [-0.3, -0.25) is 9.69 Å². The van der Waals surface area contributed by atoms with Gasteiger partial charge in [-0.15, -0.1) is 23.7 Å². The van der Waals surface area contributed by atoms with Crippen molar-refractivity contribution in [1.29, 1.82) is 0 Å². The minimum absolute atomic E-state index is 0.